The van der Waals surface area contributed by atoms with Gasteiger partial charge in [0, 0.05) is 18.4 Å². The highest BCUT2D eigenvalue weighted by atomic mass is 15.1. The second-order valence-corrected chi connectivity index (χ2v) is 7.86. The summed E-state index contributed by atoms with van der Waals surface area (Å²) in [5, 5.41) is 0. The van der Waals surface area contributed by atoms with Gasteiger partial charge in [0.1, 0.15) is 0 Å². The predicted molar refractivity (Wildman–Crippen MR) is 96.2 cm³/mol. The lowest BCUT2D eigenvalue weighted by atomic mass is 9.62. The van der Waals surface area contributed by atoms with Crippen molar-refractivity contribution < 1.29 is 0 Å². The molecule has 0 fully saturated rings. The van der Waals surface area contributed by atoms with Gasteiger partial charge < -0.3 is 4.90 Å². The molecular weight excluding hydrogens is 266 g/mol. The van der Waals surface area contributed by atoms with Gasteiger partial charge in [0.05, 0.1) is 0 Å². The Hall–Kier alpha value is -1.76. The molecule has 0 N–H and O–H groups in total. The summed E-state index contributed by atoms with van der Waals surface area (Å²) in [5.74, 6) is 0. The number of hydrogen-bond donors (Lipinski definition) is 0. The van der Waals surface area contributed by atoms with E-state index in [1.54, 1.807) is 0 Å². The van der Waals surface area contributed by atoms with Crippen LogP contribution in [0.2, 0.25) is 0 Å². The van der Waals surface area contributed by atoms with Crippen molar-refractivity contribution in [3.05, 3.63) is 59.7 Å². The summed E-state index contributed by atoms with van der Waals surface area (Å²) in [6.07, 6.45) is 2.50. The average molecular weight is 293 g/mol. The Morgan fingerprint density at radius 3 is 2.09 bits per heavy atom. The lowest BCUT2D eigenvalue weighted by Crippen LogP contribution is -2.35. The quantitative estimate of drug-likeness (QED) is 0.676. The standard InChI is InChI=1S/C21H27N/c1-20(2)14-15-21(3,4)19-17(20)12-9-13-18(19)22(5)16-10-7-6-8-11-16/h6-13H,14-15H2,1-5H3. The molecule has 0 saturated heterocycles. The van der Waals surface area contributed by atoms with Gasteiger partial charge in [-0.05, 0) is 53.0 Å². The Labute approximate surface area is 135 Å². The van der Waals surface area contributed by atoms with Crippen molar-refractivity contribution in [3.8, 4) is 0 Å². The van der Waals surface area contributed by atoms with Crippen LogP contribution in [0.15, 0.2) is 48.5 Å². The molecule has 0 saturated carbocycles. The van der Waals surface area contributed by atoms with Crippen LogP contribution in [0.4, 0.5) is 11.4 Å². The molecule has 0 aromatic heterocycles. The molecule has 0 heterocycles. The molecule has 3 rings (SSSR count). The smallest absolute Gasteiger partial charge is 0.0449 e. The van der Waals surface area contributed by atoms with Crippen molar-refractivity contribution in [1.82, 2.24) is 0 Å². The summed E-state index contributed by atoms with van der Waals surface area (Å²) in [7, 11) is 2.18. The summed E-state index contributed by atoms with van der Waals surface area (Å²) in [6.45, 7) is 9.55. The molecule has 0 atom stereocenters. The van der Waals surface area contributed by atoms with Crippen molar-refractivity contribution in [2.45, 2.75) is 51.4 Å². The van der Waals surface area contributed by atoms with Gasteiger partial charge in [-0.25, -0.2) is 0 Å². The van der Waals surface area contributed by atoms with Crippen molar-refractivity contribution in [3.63, 3.8) is 0 Å². The third-order valence-electron chi connectivity index (χ3n) is 5.33. The molecule has 0 bridgehead atoms. The van der Waals surface area contributed by atoms with Gasteiger partial charge >= 0.3 is 0 Å². The van der Waals surface area contributed by atoms with Crippen LogP contribution in [-0.4, -0.2) is 7.05 Å². The highest BCUT2D eigenvalue weighted by molar-refractivity contribution is 5.70. The molecular formula is C21H27N. The van der Waals surface area contributed by atoms with E-state index >= 15 is 0 Å². The Balaban J connectivity index is 2.19. The summed E-state index contributed by atoms with van der Waals surface area (Å²) in [4.78, 5) is 2.34. The first kappa shape index (κ1) is 15.1. The number of benzene rings is 2. The van der Waals surface area contributed by atoms with E-state index in [1.165, 1.54) is 35.3 Å². The molecule has 0 unspecified atom stereocenters. The van der Waals surface area contributed by atoms with Crippen LogP contribution in [-0.2, 0) is 10.8 Å². The van der Waals surface area contributed by atoms with Crippen LogP contribution in [0, 0.1) is 0 Å². The number of para-hydroxylation sites is 1. The first-order valence-electron chi connectivity index (χ1n) is 8.26. The third kappa shape index (κ3) is 2.43. The molecule has 0 spiro atoms. The monoisotopic (exact) mass is 293 g/mol. The van der Waals surface area contributed by atoms with E-state index in [4.69, 9.17) is 0 Å². The number of anilines is 2. The lowest BCUT2D eigenvalue weighted by molar-refractivity contribution is 0.332. The molecule has 116 valence electrons. The second kappa shape index (κ2) is 5.15. The van der Waals surface area contributed by atoms with E-state index in [2.05, 4.69) is 88.2 Å². The molecule has 1 nitrogen and oxygen atoms in total. The fourth-order valence-electron chi connectivity index (χ4n) is 3.77. The lowest BCUT2D eigenvalue weighted by Gasteiger charge is -2.44. The predicted octanol–water partition coefficient (Wildman–Crippen LogP) is 5.80. The molecule has 1 aliphatic carbocycles. The number of fused-ring (bicyclic) bond motifs is 1. The van der Waals surface area contributed by atoms with Crippen LogP contribution in [0.25, 0.3) is 0 Å². The second-order valence-electron chi connectivity index (χ2n) is 7.86. The van der Waals surface area contributed by atoms with Crippen LogP contribution in [0.1, 0.15) is 51.7 Å². The largest absolute Gasteiger partial charge is 0.344 e. The molecule has 0 aliphatic heterocycles. The van der Waals surface area contributed by atoms with Crippen molar-refractivity contribution in [2.24, 2.45) is 0 Å². The van der Waals surface area contributed by atoms with Gasteiger partial charge in [0.25, 0.3) is 0 Å². The van der Waals surface area contributed by atoms with E-state index < -0.39 is 0 Å². The van der Waals surface area contributed by atoms with Crippen molar-refractivity contribution in [1.29, 1.82) is 0 Å². The van der Waals surface area contributed by atoms with Crippen molar-refractivity contribution >= 4 is 11.4 Å². The van der Waals surface area contributed by atoms with E-state index in [0.29, 0.717) is 0 Å². The highest BCUT2D eigenvalue weighted by Crippen LogP contribution is 2.49. The minimum absolute atomic E-state index is 0.227. The van der Waals surface area contributed by atoms with E-state index in [1.807, 2.05) is 0 Å². The summed E-state index contributed by atoms with van der Waals surface area (Å²) in [6, 6.07) is 17.5. The van der Waals surface area contributed by atoms with E-state index in [9.17, 15) is 0 Å². The summed E-state index contributed by atoms with van der Waals surface area (Å²) in [5.41, 5.74) is 6.13. The molecule has 2 aromatic rings. The van der Waals surface area contributed by atoms with Crippen molar-refractivity contribution in [2.75, 3.05) is 11.9 Å². The van der Waals surface area contributed by atoms with Crippen LogP contribution < -0.4 is 4.90 Å². The molecule has 1 aliphatic rings. The highest BCUT2D eigenvalue weighted by Gasteiger charge is 2.39. The van der Waals surface area contributed by atoms with E-state index in [-0.39, 0.29) is 10.8 Å². The minimum atomic E-state index is 0.227. The Bertz CT molecular complexity index is 668. The fourth-order valence-corrected chi connectivity index (χ4v) is 3.77. The number of nitrogens with zero attached hydrogens (tertiary/aromatic N) is 1. The fraction of sp³-hybridized carbons (Fsp3) is 0.429. The van der Waals surface area contributed by atoms with Crippen LogP contribution in [0.3, 0.4) is 0 Å². The maximum Gasteiger partial charge on any atom is 0.0449 e. The molecule has 0 radical (unpaired) electrons. The zero-order valence-electron chi connectivity index (χ0n) is 14.5. The molecule has 22 heavy (non-hydrogen) atoms. The SMILES string of the molecule is CN(c1ccccc1)c1cccc2c1C(C)(C)CCC2(C)C. The Morgan fingerprint density at radius 1 is 0.773 bits per heavy atom. The normalized spacial score (nSPS) is 18.6. The zero-order chi connectivity index (χ0) is 16.0. The average Bonchev–Trinajstić information content (AvgIpc) is 2.51. The Morgan fingerprint density at radius 2 is 1.41 bits per heavy atom. The van der Waals surface area contributed by atoms with E-state index in [0.717, 1.165) is 0 Å². The maximum atomic E-state index is 2.39. The minimum Gasteiger partial charge on any atom is -0.344 e. The molecule has 1 heteroatoms. The van der Waals surface area contributed by atoms with Crippen LogP contribution >= 0.6 is 0 Å². The molecule has 2 aromatic carbocycles. The maximum absolute atomic E-state index is 2.39. The first-order chi connectivity index (χ1) is 10.3. The first-order valence-corrected chi connectivity index (χ1v) is 8.26. The summed E-state index contributed by atoms with van der Waals surface area (Å²) >= 11 is 0. The topological polar surface area (TPSA) is 3.24 Å². The van der Waals surface area contributed by atoms with Gasteiger partial charge in [-0.3, -0.25) is 0 Å². The zero-order valence-corrected chi connectivity index (χ0v) is 14.5. The van der Waals surface area contributed by atoms with Crippen LogP contribution in [0.5, 0.6) is 0 Å². The van der Waals surface area contributed by atoms with Gasteiger partial charge in [0.2, 0.25) is 0 Å². The third-order valence-corrected chi connectivity index (χ3v) is 5.33. The van der Waals surface area contributed by atoms with Gasteiger partial charge in [-0.2, -0.15) is 0 Å². The Kier molecular flexibility index (Phi) is 3.55. The van der Waals surface area contributed by atoms with Gasteiger partial charge in [0.15, 0.2) is 0 Å². The number of rotatable bonds is 2. The van der Waals surface area contributed by atoms with Gasteiger partial charge in [-0.15, -0.1) is 0 Å². The number of hydrogen-bond acceptors (Lipinski definition) is 1. The summed E-state index contributed by atoms with van der Waals surface area (Å²) < 4.78 is 0. The molecule has 0 amide bonds. The van der Waals surface area contributed by atoms with Gasteiger partial charge in [-0.1, -0.05) is 58.0 Å².